The Morgan fingerprint density at radius 3 is 1.80 bits per heavy atom. The van der Waals surface area contributed by atoms with E-state index in [0.717, 1.165) is 11.8 Å². The molecule has 1 saturated carbocycles. The largest absolute Gasteiger partial charge is 0.190 e. The summed E-state index contributed by atoms with van der Waals surface area (Å²) in [4.78, 5) is 0. The van der Waals surface area contributed by atoms with E-state index in [2.05, 4.69) is 24.1 Å². The quantitative estimate of drug-likeness (QED) is 0.531. The molecule has 56 valence electrons. The first-order valence-electron chi connectivity index (χ1n) is 4.19. The van der Waals surface area contributed by atoms with Gasteiger partial charge in [-0.25, -0.2) is 0 Å². The predicted octanol–water partition coefficient (Wildman–Crippen LogP) is 2.26. The molecular weight excluding hydrogens is 124 g/mol. The molecule has 2 heteroatoms. The Kier molecular flexibility index (Phi) is 1.29. The molecule has 0 N–H and O–H groups in total. The second-order valence-electron chi connectivity index (χ2n) is 3.76. The highest BCUT2D eigenvalue weighted by atomic mass is 15.2. The Balaban J connectivity index is 2.14. The first-order valence-corrected chi connectivity index (χ1v) is 4.19. The number of rotatable bonds is 1. The molecule has 10 heavy (non-hydrogen) atoms. The molecule has 2 nitrogen and oxygen atoms in total. The molecule has 0 aromatic carbocycles. The lowest BCUT2D eigenvalue weighted by atomic mass is 9.90. The van der Waals surface area contributed by atoms with E-state index < -0.39 is 0 Å². The van der Waals surface area contributed by atoms with Gasteiger partial charge in [0.2, 0.25) is 0 Å². The van der Waals surface area contributed by atoms with Crippen LogP contribution < -0.4 is 0 Å². The highest BCUT2D eigenvalue weighted by Crippen LogP contribution is 2.41. The van der Waals surface area contributed by atoms with Crippen molar-refractivity contribution in [3.8, 4) is 0 Å². The fourth-order valence-electron chi connectivity index (χ4n) is 2.31. The number of hydrogen-bond donors (Lipinski definition) is 0. The third-order valence-corrected chi connectivity index (χ3v) is 2.78. The van der Waals surface area contributed by atoms with Crippen molar-refractivity contribution in [3.63, 3.8) is 0 Å². The van der Waals surface area contributed by atoms with Gasteiger partial charge in [0.1, 0.15) is 0 Å². The van der Waals surface area contributed by atoms with Crippen molar-refractivity contribution in [2.45, 2.75) is 38.8 Å². The summed E-state index contributed by atoms with van der Waals surface area (Å²) in [6, 6.07) is 1.18. The van der Waals surface area contributed by atoms with Crippen LogP contribution in [-0.2, 0) is 0 Å². The second kappa shape index (κ2) is 2.04. The van der Waals surface area contributed by atoms with Gasteiger partial charge in [0, 0.05) is 5.92 Å². The molecule has 1 heterocycles. The third-order valence-electron chi connectivity index (χ3n) is 2.78. The van der Waals surface area contributed by atoms with Crippen LogP contribution in [0.4, 0.5) is 0 Å². The molecule has 0 spiro atoms. The van der Waals surface area contributed by atoms with Gasteiger partial charge in [0.25, 0.3) is 0 Å². The van der Waals surface area contributed by atoms with E-state index in [-0.39, 0.29) is 0 Å². The summed E-state index contributed by atoms with van der Waals surface area (Å²) in [6.07, 6.45) is 2.58. The maximum absolute atomic E-state index is 4.23. The fraction of sp³-hybridized carbons (Fsp3) is 1.00. The summed E-state index contributed by atoms with van der Waals surface area (Å²) in [6.45, 7) is 4.57. The SMILES string of the molecule is CC(C)C1C2CCC1N=N2. The smallest absolute Gasteiger partial charge is 0.0760 e. The molecule has 0 aromatic rings. The number of fused-ring (bicyclic) bond motifs is 2. The van der Waals surface area contributed by atoms with Crippen LogP contribution in [0.1, 0.15) is 26.7 Å². The van der Waals surface area contributed by atoms with Gasteiger partial charge in [-0.1, -0.05) is 13.8 Å². The van der Waals surface area contributed by atoms with Gasteiger partial charge < -0.3 is 0 Å². The van der Waals surface area contributed by atoms with Crippen molar-refractivity contribution >= 4 is 0 Å². The van der Waals surface area contributed by atoms with Gasteiger partial charge >= 0.3 is 0 Å². The fourth-order valence-corrected chi connectivity index (χ4v) is 2.31. The van der Waals surface area contributed by atoms with E-state index >= 15 is 0 Å². The minimum Gasteiger partial charge on any atom is -0.190 e. The summed E-state index contributed by atoms with van der Waals surface area (Å²) in [7, 11) is 0. The molecular formula is C8H14N2. The Labute approximate surface area is 61.7 Å². The standard InChI is InChI=1S/C8H14N2/c1-5(2)8-6-3-4-7(8)10-9-6/h5-8H,3-4H2,1-2H3. The maximum atomic E-state index is 4.23. The van der Waals surface area contributed by atoms with E-state index in [1.807, 2.05) is 0 Å². The van der Waals surface area contributed by atoms with Gasteiger partial charge in [-0.2, -0.15) is 10.2 Å². The van der Waals surface area contributed by atoms with E-state index in [1.165, 1.54) is 12.8 Å². The van der Waals surface area contributed by atoms with E-state index in [0.29, 0.717) is 12.1 Å². The average molecular weight is 138 g/mol. The van der Waals surface area contributed by atoms with Crippen LogP contribution in [0.25, 0.3) is 0 Å². The average Bonchev–Trinajstić information content (AvgIpc) is 2.43. The molecule has 1 fully saturated rings. The van der Waals surface area contributed by atoms with E-state index in [9.17, 15) is 0 Å². The van der Waals surface area contributed by atoms with Crippen molar-refractivity contribution in [3.05, 3.63) is 0 Å². The Morgan fingerprint density at radius 2 is 1.60 bits per heavy atom. The van der Waals surface area contributed by atoms with Crippen molar-refractivity contribution in [2.24, 2.45) is 22.1 Å². The monoisotopic (exact) mass is 138 g/mol. The molecule has 0 amide bonds. The lowest BCUT2D eigenvalue weighted by Gasteiger charge is -2.15. The van der Waals surface area contributed by atoms with Crippen LogP contribution in [0, 0.1) is 11.8 Å². The minimum absolute atomic E-state index is 0.588. The van der Waals surface area contributed by atoms with Crippen molar-refractivity contribution in [1.82, 2.24) is 0 Å². The van der Waals surface area contributed by atoms with Gasteiger partial charge in [-0.3, -0.25) is 0 Å². The van der Waals surface area contributed by atoms with Crippen LogP contribution >= 0.6 is 0 Å². The lowest BCUT2D eigenvalue weighted by Crippen LogP contribution is -2.20. The summed E-state index contributed by atoms with van der Waals surface area (Å²) in [5.74, 6) is 1.55. The summed E-state index contributed by atoms with van der Waals surface area (Å²) >= 11 is 0. The minimum atomic E-state index is 0.588. The lowest BCUT2D eigenvalue weighted by molar-refractivity contribution is 0.366. The van der Waals surface area contributed by atoms with Crippen LogP contribution in [0.5, 0.6) is 0 Å². The molecule has 0 radical (unpaired) electrons. The number of nitrogens with zero attached hydrogens (tertiary/aromatic N) is 2. The summed E-state index contributed by atoms with van der Waals surface area (Å²) < 4.78 is 0. The highest BCUT2D eigenvalue weighted by molar-refractivity contribution is 4.98. The topological polar surface area (TPSA) is 24.7 Å². The number of azo groups is 1. The Bertz CT molecular complexity index is 149. The molecule has 0 aromatic heterocycles. The van der Waals surface area contributed by atoms with Crippen LogP contribution in [0.15, 0.2) is 10.2 Å². The van der Waals surface area contributed by atoms with Crippen LogP contribution in [0.2, 0.25) is 0 Å². The summed E-state index contributed by atoms with van der Waals surface area (Å²) in [5, 5.41) is 8.46. The molecule has 0 saturated heterocycles. The van der Waals surface area contributed by atoms with E-state index in [4.69, 9.17) is 0 Å². The first kappa shape index (κ1) is 6.32. The maximum Gasteiger partial charge on any atom is 0.0760 e. The normalized spacial score (nSPS) is 43.7. The van der Waals surface area contributed by atoms with Gasteiger partial charge in [-0.05, 0) is 18.8 Å². The molecule has 2 atom stereocenters. The van der Waals surface area contributed by atoms with Gasteiger partial charge in [-0.15, -0.1) is 0 Å². The molecule has 1 aliphatic carbocycles. The molecule has 1 aliphatic heterocycles. The first-order chi connectivity index (χ1) is 4.79. The van der Waals surface area contributed by atoms with Crippen LogP contribution in [0.3, 0.4) is 0 Å². The van der Waals surface area contributed by atoms with Gasteiger partial charge in [0.15, 0.2) is 0 Å². The molecule has 2 rings (SSSR count). The Morgan fingerprint density at radius 1 is 1.10 bits per heavy atom. The molecule has 2 bridgehead atoms. The number of hydrogen-bond acceptors (Lipinski definition) is 2. The molecule has 2 aliphatic rings. The van der Waals surface area contributed by atoms with Crippen molar-refractivity contribution < 1.29 is 0 Å². The zero-order chi connectivity index (χ0) is 7.14. The van der Waals surface area contributed by atoms with E-state index in [1.54, 1.807) is 0 Å². The zero-order valence-electron chi connectivity index (χ0n) is 6.62. The van der Waals surface area contributed by atoms with Crippen LogP contribution in [-0.4, -0.2) is 12.1 Å². The van der Waals surface area contributed by atoms with Gasteiger partial charge in [0.05, 0.1) is 12.1 Å². The molecule has 2 unspecified atom stereocenters. The predicted molar refractivity (Wildman–Crippen MR) is 40.0 cm³/mol. The highest BCUT2D eigenvalue weighted by Gasteiger charge is 2.42. The Hall–Kier alpha value is -0.400. The summed E-state index contributed by atoms with van der Waals surface area (Å²) in [5.41, 5.74) is 0. The second-order valence-corrected chi connectivity index (χ2v) is 3.76. The van der Waals surface area contributed by atoms with Crippen molar-refractivity contribution in [2.75, 3.05) is 0 Å². The van der Waals surface area contributed by atoms with Crippen molar-refractivity contribution in [1.29, 1.82) is 0 Å². The third kappa shape index (κ3) is 0.710. The zero-order valence-corrected chi connectivity index (χ0v) is 6.62.